The van der Waals surface area contributed by atoms with Crippen LogP contribution in [0.4, 0.5) is 11.4 Å². The van der Waals surface area contributed by atoms with Gasteiger partial charge in [0.05, 0.1) is 24.8 Å². The van der Waals surface area contributed by atoms with Crippen molar-refractivity contribution in [3.63, 3.8) is 0 Å². The number of anilines is 1. The lowest BCUT2D eigenvalue weighted by Crippen LogP contribution is -2.34. The number of hydrogen-bond acceptors (Lipinski definition) is 8. The molecule has 4 rings (SSSR count). The van der Waals surface area contributed by atoms with Gasteiger partial charge in [-0.15, -0.1) is 0 Å². The van der Waals surface area contributed by atoms with Crippen LogP contribution < -0.4 is 20.1 Å². The number of nitro benzene ring substituents is 1. The number of nitro groups is 1. The summed E-state index contributed by atoms with van der Waals surface area (Å²) in [5.74, 6) is 0.296. The second-order valence-corrected chi connectivity index (χ2v) is 7.36. The fraction of sp³-hybridized carbons (Fsp3) is 0.0870. The zero-order valence-electron chi connectivity index (χ0n) is 18.0. The van der Waals surface area contributed by atoms with Gasteiger partial charge in [-0.3, -0.25) is 20.2 Å². The number of aromatic nitrogens is 1. The molecule has 0 aliphatic rings. The van der Waals surface area contributed by atoms with Crippen LogP contribution in [0.3, 0.4) is 0 Å². The Balaban J connectivity index is 1.54. The minimum absolute atomic E-state index is 0.0310. The van der Waals surface area contributed by atoms with Crippen LogP contribution >= 0.6 is 12.2 Å². The van der Waals surface area contributed by atoms with E-state index in [-0.39, 0.29) is 22.1 Å². The molecule has 11 heteroatoms. The van der Waals surface area contributed by atoms with Gasteiger partial charge < -0.3 is 19.2 Å². The van der Waals surface area contributed by atoms with E-state index in [0.717, 1.165) is 11.6 Å². The Morgan fingerprint density at radius 1 is 1.06 bits per heavy atom. The molecule has 1 heterocycles. The number of fused-ring (bicyclic) bond motifs is 1. The molecule has 0 aliphatic carbocycles. The van der Waals surface area contributed by atoms with Crippen molar-refractivity contribution in [3.05, 3.63) is 76.3 Å². The van der Waals surface area contributed by atoms with E-state index in [1.807, 2.05) is 24.3 Å². The predicted octanol–water partition coefficient (Wildman–Crippen LogP) is 4.55. The number of nitrogens with zero attached hydrogens (tertiary/aromatic N) is 2. The first-order valence-corrected chi connectivity index (χ1v) is 10.3. The Morgan fingerprint density at radius 2 is 1.79 bits per heavy atom. The Morgan fingerprint density at radius 3 is 2.50 bits per heavy atom. The molecule has 0 radical (unpaired) electrons. The van der Waals surface area contributed by atoms with E-state index < -0.39 is 10.8 Å². The molecule has 3 aromatic carbocycles. The summed E-state index contributed by atoms with van der Waals surface area (Å²) in [5.41, 5.74) is 2.22. The van der Waals surface area contributed by atoms with Gasteiger partial charge in [-0.05, 0) is 54.7 Å². The maximum atomic E-state index is 12.6. The quantitative estimate of drug-likeness (QED) is 0.233. The molecule has 0 saturated carbocycles. The molecule has 1 aromatic heterocycles. The van der Waals surface area contributed by atoms with Gasteiger partial charge in [-0.2, -0.15) is 0 Å². The van der Waals surface area contributed by atoms with E-state index >= 15 is 0 Å². The molecule has 172 valence electrons. The summed E-state index contributed by atoms with van der Waals surface area (Å²) in [6.45, 7) is 0. The lowest BCUT2D eigenvalue weighted by molar-refractivity contribution is -0.385. The summed E-state index contributed by atoms with van der Waals surface area (Å²) in [6.07, 6.45) is 0. The normalized spacial score (nSPS) is 10.5. The lowest BCUT2D eigenvalue weighted by atomic mass is 10.1. The van der Waals surface area contributed by atoms with Crippen LogP contribution in [0.1, 0.15) is 10.4 Å². The number of hydrogen-bond donors (Lipinski definition) is 2. The van der Waals surface area contributed by atoms with Crippen molar-refractivity contribution in [2.45, 2.75) is 0 Å². The van der Waals surface area contributed by atoms with Crippen molar-refractivity contribution >= 4 is 45.7 Å². The molecule has 2 N–H and O–H groups in total. The maximum Gasteiger partial charge on any atom is 0.311 e. The number of rotatable bonds is 6. The molecular formula is C23H18N4O6S. The van der Waals surface area contributed by atoms with Crippen molar-refractivity contribution < 1.29 is 23.6 Å². The van der Waals surface area contributed by atoms with E-state index in [1.54, 1.807) is 18.2 Å². The fourth-order valence-electron chi connectivity index (χ4n) is 3.24. The van der Waals surface area contributed by atoms with E-state index in [2.05, 4.69) is 15.6 Å². The van der Waals surface area contributed by atoms with Gasteiger partial charge in [0.2, 0.25) is 5.89 Å². The summed E-state index contributed by atoms with van der Waals surface area (Å²) in [6, 6.07) is 16.5. The third-order valence-corrected chi connectivity index (χ3v) is 5.06. The maximum absolute atomic E-state index is 12.6. The van der Waals surface area contributed by atoms with Crippen LogP contribution in [0, 0.1) is 10.1 Å². The predicted molar refractivity (Wildman–Crippen MR) is 129 cm³/mol. The molecular weight excluding hydrogens is 460 g/mol. The zero-order chi connectivity index (χ0) is 24.2. The van der Waals surface area contributed by atoms with Crippen LogP contribution in [-0.4, -0.2) is 35.1 Å². The number of carbonyl (C=O) groups excluding carboxylic acids is 1. The SMILES string of the molecule is COc1ccc(-c2nc3ccccc3o2)cc1NC(=S)NC(=O)c1ccc(OC)c([N+](=O)[O-])c1. The molecule has 4 aromatic rings. The lowest BCUT2D eigenvalue weighted by Gasteiger charge is -2.14. The second kappa shape index (κ2) is 9.55. The largest absolute Gasteiger partial charge is 0.495 e. The summed E-state index contributed by atoms with van der Waals surface area (Å²) < 4.78 is 16.1. The monoisotopic (exact) mass is 478 g/mol. The van der Waals surface area contributed by atoms with Gasteiger partial charge in [0, 0.05) is 17.2 Å². The van der Waals surface area contributed by atoms with Crippen molar-refractivity contribution in [2.75, 3.05) is 19.5 Å². The van der Waals surface area contributed by atoms with Crippen LogP contribution in [0.15, 0.2) is 65.1 Å². The molecule has 1 amide bonds. The minimum atomic E-state index is -0.630. The van der Waals surface area contributed by atoms with Crippen molar-refractivity contribution in [1.29, 1.82) is 0 Å². The highest BCUT2D eigenvalue weighted by Gasteiger charge is 2.19. The van der Waals surface area contributed by atoms with Crippen molar-refractivity contribution in [3.8, 4) is 23.0 Å². The third-order valence-electron chi connectivity index (χ3n) is 4.85. The number of para-hydroxylation sites is 2. The highest BCUT2D eigenvalue weighted by molar-refractivity contribution is 7.80. The number of oxazole rings is 1. The van der Waals surface area contributed by atoms with Crippen molar-refractivity contribution in [2.24, 2.45) is 0 Å². The number of nitrogens with one attached hydrogen (secondary N) is 2. The standard InChI is InChI=1S/C23H18N4O6S/c1-31-18-9-8-14(22-24-15-5-3-4-6-19(15)33-22)11-16(18)25-23(34)26-21(28)13-7-10-20(32-2)17(12-13)27(29)30/h3-12H,1-2H3,(H2,25,26,28,34). The van der Waals surface area contributed by atoms with Crippen molar-refractivity contribution in [1.82, 2.24) is 10.3 Å². The summed E-state index contributed by atoms with van der Waals surface area (Å²) >= 11 is 5.27. The third kappa shape index (κ3) is 4.64. The van der Waals surface area contributed by atoms with Gasteiger partial charge in [0.15, 0.2) is 16.4 Å². The fourth-order valence-corrected chi connectivity index (χ4v) is 3.44. The number of thiocarbonyl (C=S) groups is 1. The van der Waals surface area contributed by atoms with Crippen LogP contribution in [-0.2, 0) is 0 Å². The minimum Gasteiger partial charge on any atom is -0.495 e. The molecule has 0 bridgehead atoms. The number of benzene rings is 3. The highest BCUT2D eigenvalue weighted by Crippen LogP contribution is 2.32. The smallest absolute Gasteiger partial charge is 0.311 e. The molecule has 0 spiro atoms. The molecule has 0 atom stereocenters. The summed E-state index contributed by atoms with van der Waals surface area (Å²) in [4.78, 5) is 27.7. The molecule has 10 nitrogen and oxygen atoms in total. The molecule has 0 fully saturated rings. The van der Waals surface area contributed by atoms with Gasteiger partial charge in [0.25, 0.3) is 5.91 Å². The Kier molecular flexibility index (Phi) is 6.37. The van der Waals surface area contributed by atoms with Gasteiger partial charge >= 0.3 is 5.69 Å². The number of methoxy groups -OCH3 is 2. The number of carbonyl (C=O) groups is 1. The average Bonchev–Trinajstić information content (AvgIpc) is 3.27. The first kappa shape index (κ1) is 22.7. The molecule has 0 unspecified atom stereocenters. The molecule has 34 heavy (non-hydrogen) atoms. The Hall–Kier alpha value is -4.51. The molecule has 0 aliphatic heterocycles. The highest BCUT2D eigenvalue weighted by atomic mass is 32.1. The van der Waals surface area contributed by atoms with E-state index in [4.69, 9.17) is 26.1 Å². The first-order valence-electron chi connectivity index (χ1n) is 9.88. The zero-order valence-corrected chi connectivity index (χ0v) is 18.8. The number of ether oxygens (including phenoxy) is 2. The van der Waals surface area contributed by atoms with Crippen LogP contribution in [0.25, 0.3) is 22.6 Å². The van der Waals surface area contributed by atoms with E-state index in [1.165, 1.54) is 26.4 Å². The Bertz CT molecular complexity index is 1380. The van der Waals surface area contributed by atoms with E-state index in [9.17, 15) is 14.9 Å². The average molecular weight is 478 g/mol. The summed E-state index contributed by atoms with van der Waals surface area (Å²) in [7, 11) is 2.81. The van der Waals surface area contributed by atoms with Crippen LogP contribution in [0.5, 0.6) is 11.5 Å². The topological polar surface area (TPSA) is 129 Å². The number of amides is 1. The van der Waals surface area contributed by atoms with Gasteiger partial charge in [0.1, 0.15) is 11.3 Å². The Labute approximate surface area is 198 Å². The van der Waals surface area contributed by atoms with E-state index in [0.29, 0.717) is 28.5 Å². The second-order valence-electron chi connectivity index (χ2n) is 6.95. The van der Waals surface area contributed by atoms with Gasteiger partial charge in [-0.1, -0.05) is 12.1 Å². The summed E-state index contributed by atoms with van der Waals surface area (Å²) in [5, 5.41) is 16.6. The first-order chi connectivity index (χ1) is 16.4. The molecule has 0 saturated heterocycles. The van der Waals surface area contributed by atoms with Crippen LogP contribution in [0.2, 0.25) is 0 Å². The van der Waals surface area contributed by atoms with Gasteiger partial charge in [-0.25, -0.2) is 4.98 Å².